The molecule has 2 atom stereocenters. The second kappa shape index (κ2) is 10.5. The maximum absolute atomic E-state index is 13.6. The minimum atomic E-state index is -4.37. The van der Waals surface area contributed by atoms with E-state index >= 15 is 0 Å². The van der Waals surface area contributed by atoms with Crippen molar-refractivity contribution in [1.29, 1.82) is 0 Å². The van der Waals surface area contributed by atoms with Crippen molar-refractivity contribution >= 4 is 21.7 Å². The van der Waals surface area contributed by atoms with E-state index in [1.165, 1.54) is 18.2 Å². The van der Waals surface area contributed by atoms with E-state index in [-0.39, 0.29) is 12.5 Å². The van der Waals surface area contributed by atoms with Gasteiger partial charge in [-0.2, -0.15) is 4.31 Å². The number of para-hydroxylation sites is 1. The van der Waals surface area contributed by atoms with Crippen LogP contribution in [0, 0.1) is 16.0 Å². The summed E-state index contributed by atoms with van der Waals surface area (Å²) in [6, 6.07) is 12.5. The van der Waals surface area contributed by atoms with E-state index in [1.54, 1.807) is 32.9 Å². The molecule has 2 rings (SSSR count). The number of nitro groups is 1. The summed E-state index contributed by atoms with van der Waals surface area (Å²) in [5.74, 6) is -1.06. The summed E-state index contributed by atoms with van der Waals surface area (Å²) in [6.07, 6.45) is 0.515. The summed E-state index contributed by atoms with van der Waals surface area (Å²) in [7, 11) is -4.37. The summed E-state index contributed by atoms with van der Waals surface area (Å²) in [5, 5.41) is 11.4. The molecular weight excluding hydrogens is 420 g/mol. The van der Waals surface area contributed by atoms with Gasteiger partial charge < -0.3 is 4.74 Å². The zero-order valence-electron chi connectivity index (χ0n) is 18.1. The molecule has 0 bridgehead atoms. The summed E-state index contributed by atoms with van der Waals surface area (Å²) in [4.78, 5) is 23.4. The number of carbonyl (C=O) groups excluding carboxylic acids is 1. The van der Waals surface area contributed by atoms with Crippen LogP contribution in [0.25, 0.3) is 0 Å². The number of rotatable bonds is 10. The van der Waals surface area contributed by atoms with Gasteiger partial charge in [-0.15, -0.1) is 0 Å². The Morgan fingerprint density at radius 2 is 1.65 bits per heavy atom. The van der Waals surface area contributed by atoms with E-state index in [0.29, 0.717) is 6.42 Å². The fraction of sp³-hybridized carbons (Fsp3) is 0.409. The lowest BCUT2D eigenvalue weighted by Crippen LogP contribution is -2.52. The average molecular weight is 449 g/mol. The Morgan fingerprint density at radius 3 is 2.19 bits per heavy atom. The maximum Gasteiger partial charge on any atom is 0.325 e. The van der Waals surface area contributed by atoms with Crippen molar-refractivity contribution in [2.24, 2.45) is 5.92 Å². The highest BCUT2D eigenvalue weighted by Crippen LogP contribution is 2.31. The number of hydrogen-bond donors (Lipinski definition) is 0. The summed E-state index contributed by atoms with van der Waals surface area (Å²) < 4.78 is 33.6. The Hall–Kier alpha value is -2.78. The third-order valence-electron chi connectivity index (χ3n) is 5.05. The van der Waals surface area contributed by atoms with Gasteiger partial charge in [0.1, 0.15) is 12.6 Å². The van der Waals surface area contributed by atoms with Crippen LogP contribution in [0.4, 0.5) is 5.69 Å². The highest BCUT2D eigenvalue weighted by molar-refractivity contribution is 7.89. The second-order valence-corrected chi connectivity index (χ2v) is 9.39. The van der Waals surface area contributed by atoms with Crippen LogP contribution in [0.2, 0.25) is 0 Å². The van der Waals surface area contributed by atoms with Crippen molar-refractivity contribution in [2.75, 3.05) is 0 Å². The first-order chi connectivity index (χ1) is 14.6. The molecule has 0 amide bonds. The topological polar surface area (TPSA) is 107 Å². The molecule has 2 aromatic rings. The largest absolute Gasteiger partial charge is 0.460 e. The number of ether oxygens (including phenoxy) is 1. The van der Waals surface area contributed by atoms with Crippen LogP contribution in [0.15, 0.2) is 59.5 Å². The minimum Gasteiger partial charge on any atom is -0.460 e. The fourth-order valence-corrected chi connectivity index (χ4v) is 5.34. The molecule has 0 fully saturated rings. The van der Waals surface area contributed by atoms with Crippen LogP contribution in [0.1, 0.15) is 39.7 Å². The quantitative estimate of drug-likeness (QED) is 0.307. The van der Waals surface area contributed by atoms with Crippen molar-refractivity contribution in [3.05, 3.63) is 70.3 Å². The smallest absolute Gasteiger partial charge is 0.325 e. The maximum atomic E-state index is 13.6. The van der Waals surface area contributed by atoms with Crippen LogP contribution in [-0.4, -0.2) is 35.7 Å². The Morgan fingerprint density at radius 1 is 1.06 bits per heavy atom. The average Bonchev–Trinajstić information content (AvgIpc) is 2.75. The molecule has 0 heterocycles. The van der Waals surface area contributed by atoms with Gasteiger partial charge in [0, 0.05) is 12.1 Å². The molecule has 0 spiro atoms. The number of benzene rings is 2. The second-order valence-electron chi connectivity index (χ2n) is 7.58. The Bertz CT molecular complexity index is 1010. The predicted molar refractivity (Wildman–Crippen MR) is 117 cm³/mol. The van der Waals surface area contributed by atoms with Crippen molar-refractivity contribution in [2.45, 2.75) is 57.7 Å². The molecule has 0 saturated carbocycles. The van der Waals surface area contributed by atoms with Crippen LogP contribution >= 0.6 is 0 Å². The molecule has 0 N–H and O–H groups in total. The molecule has 0 aliphatic heterocycles. The number of hydrogen-bond acceptors (Lipinski definition) is 6. The zero-order chi connectivity index (χ0) is 23.2. The van der Waals surface area contributed by atoms with Crippen molar-refractivity contribution in [3.63, 3.8) is 0 Å². The van der Waals surface area contributed by atoms with Gasteiger partial charge in [-0.05, 0) is 31.4 Å². The highest BCUT2D eigenvalue weighted by Gasteiger charge is 2.43. The lowest BCUT2D eigenvalue weighted by Gasteiger charge is -2.35. The fourth-order valence-electron chi connectivity index (χ4n) is 3.31. The van der Waals surface area contributed by atoms with Crippen LogP contribution in [0.3, 0.4) is 0 Å². The van der Waals surface area contributed by atoms with E-state index in [0.717, 1.165) is 15.9 Å². The zero-order valence-corrected chi connectivity index (χ0v) is 18.9. The first-order valence-electron chi connectivity index (χ1n) is 10.1. The first kappa shape index (κ1) is 24.5. The Labute approximate surface area is 183 Å². The van der Waals surface area contributed by atoms with Gasteiger partial charge in [-0.3, -0.25) is 14.9 Å². The normalized spacial score (nSPS) is 13.7. The molecular formula is C22H28N2O6S. The highest BCUT2D eigenvalue weighted by atomic mass is 32.2. The summed E-state index contributed by atoms with van der Waals surface area (Å²) in [5.41, 5.74) is 0.241. The van der Waals surface area contributed by atoms with Crippen LogP contribution < -0.4 is 0 Å². The lowest BCUT2D eigenvalue weighted by atomic mass is 9.98. The standard InChI is InChI=1S/C22H28N2O6S/c1-5-17(4)21(22(25)30-15-18-11-7-6-8-12-18)23(16(2)3)31(28,29)20-14-10-9-13-19(20)24(26)27/h6-14,16-17,21H,5,15H2,1-4H3/t17-,21-/m0/s1. The predicted octanol–water partition coefficient (Wildman–Crippen LogP) is 4.15. The number of nitro benzene ring substituents is 1. The van der Waals surface area contributed by atoms with Gasteiger partial charge in [0.2, 0.25) is 0 Å². The summed E-state index contributed by atoms with van der Waals surface area (Å²) in [6.45, 7) is 6.87. The molecule has 2 aromatic carbocycles. The minimum absolute atomic E-state index is 0.00404. The molecule has 0 aliphatic rings. The monoisotopic (exact) mass is 448 g/mol. The van der Waals surface area contributed by atoms with E-state index in [4.69, 9.17) is 4.74 Å². The van der Waals surface area contributed by atoms with Crippen LogP contribution in [0.5, 0.6) is 0 Å². The number of sulfonamides is 1. The Kier molecular flexibility index (Phi) is 8.29. The molecule has 31 heavy (non-hydrogen) atoms. The van der Waals surface area contributed by atoms with E-state index in [1.807, 2.05) is 25.1 Å². The van der Waals surface area contributed by atoms with Gasteiger partial charge in [0.25, 0.3) is 15.7 Å². The van der Waals surface area contributed by atoms with Crippen LogP contribution in [-0.2, 0) is 26.2 Å². The molecule has 8 nitrogen and oxygen atoms in total. The van der Waals surface area contributed by atoms with Gasteiger partial charge in [-0.1, -0.05) is 62.7 Å². The first-order valence-corrected chi connectivity index (χ1v) is 11.5. The third kappa shape index (κ3) is 5.68. The molecule has 0 saturated heterocycles. The third-order valence-corrected chi connectivity index (χ3v) is 7.15. The molecule has 168 valence electrons. The van der Waals surface area contributed by atoms with Crippen molar-refractivity contribution < 1.29 is 22.9 Å². The van der Waals surface area contributed by atoms with E-state index < -0.39 is 43.6 Å². The van der Waals surface area contributed by atoms with Gasteiger partial charge in [-0.25, -0.2) is 8.42 Å². The van der Waals surface area contributed by atoms with E-state index in [2.05, 4.69) is 0 Å². The number of carbonyl (C=O) groups is 1. The summed E-state index contributed by atoms with van der Waals surface area (Å²) >= 11 is 0. The molecule has 0 aromatic heterocycles. The van der Waals surface area contributed by atoms with Gasteiger partial charge in [0.05, 0.1) is 4.92 Å². The number of nitrogens with zero attached hydrogens (tertiary/aromatic N) is 2. The van der Waals surface area contributed by atoms with Crippen molar-refractivity contribution in [1.82, 2.24) is 4.31 Å². The van der Waals surface area contributed by atoms with E-state index in [9.17, 15) is 23.3 Å². The number of esters is 1. The van der Waals surface area contributed by atoms with Gasteiger partial charge in [0.15, 0.2) is 4.90 Å². The SMILES string of the molecule is CC[C@H](C)[C@@H](C(=O)OCc1ccccc1)N(C(C)C)S(=O)(=O)c1ccccc1[N+](=O)[O-]. The van der Waals surface area contributed by atoms with Crippen molar-refractivity contribution in [3.8, 4) is 0 Å². The lowest BCUT2D eigenvalue weighted by molar-refractivity contribution is -0.387. The molecule has 0 aliphatic carbocycles. The molecule has 9 heteroatoms. The molecule has 0 unspecified atom stereocenters. The van der Waals surface area contributed by atoms with Gasteiger partial charge >= 0.3 is 5.97 Å². The Balaban J connectivity index is 2.48. The molecule has 0 radical (unpaired) electrons.